The fourth-order valence-electron chi connectivity index (χ4n) is 5.55. The van der Waals surface area contributed by atoms with Crippen molar-refractivity contribution in [1.82, 2.24) is 5.32 Å². The third-order valence-corrected chi connectivity index (χ3v) is 7.84. The summed E-state index contributed by atoms with van der Waals surface area (Å²) < 4.78 is 11.3. The first-order chi connectivity index (χ1) is 19.6. The zero-order valence-corrected chi connectivity index (χ0v) is 24.3. The summed E-state index contributed by atoms with van der Waals surface area (Å²) in [5.41, 5.74) is 3.22. The lowest BCUT2D eigenvalue weighted by Crippen LogP contribution is -2.47. The van der Waals surface area contributed by atoms with Crippen molar-refractivity contribution in [2.75, 3.05) is 61.6 Å². The van der Waals surface area contributed by atoms with Crippen LogP contribution in [0.2, 0.25) is 0 Å². The molecule has 0 saturated carbocycles. The van der Waals surface area contributed by atoms with Gasteiger partial charge in [0.25, 0.3) is 5.91 Å². The van der Waals surface area contributed by atoms with Crippen LogP contribution in [0.1, 0.15) is 75.1 Å². The smallest absolute Gasteiger partial charge is 0.253 e. The van der Waals surface area contributed by atoms with Gasteiger partial charge in [-0.2, -0.15) is 0 Å². The molecule has 2 amide bonds. The van der Waals surface area contributed by atoms with E-state index in [0.29, 0.717) is 24.2 Å². The molecular formula is C32H46N4O4. The standard InChI is InChI=1S/C32H46N4O4/c1-3-4-5-6-7-8-15-31(37)34-25-16-17-28(27(23-25)32(38)33-24-26-12-11-22-40-26)35-18-20-36(21-19-35)29-13-9-10-14-30(29)39-2/h9-10,13-14,16-17,23,26H,3-8,11-12,15,18-22,24H2,1-2H3,(H,33,38)(H,34,37). The number of piperazine rings is 1. The summed E-state index contributed by atoms with van der Waals surface area (Å²) in [5.74, 6) is 0.732. The quantitative estimate of drug-likeness (QED) is 0.297. The van der Waals surface area contributed by atoms with Crippen molar-refractivity contribution in [3.05, 3.63) is 48.0 Å². The monoisotopic (exact) mass is 550 g/mol. The molecule has 0 bridgehead atoms. The van der Waals surface area contributed by atoms with E-state index in [1.165, 1.54) is 25.7 Å². The Morgan fingerprint density at radius 1 is 0.950 bits per heavy atom. The molecule has 2 heterocycles. The van der Waals surface area contributed by atoms with Crippen LogP contribution >= 0.6 is 0 Å². The molecule has 8 heteroatoms. The molecule has 0 radical (unpaired) electrons. The Hall–Kier alpha value is -3.26. The number of hydrogen-bond donors (Lipinski definition) is 2. The topological polar surface area (TPSA) is 83.1 Å². The Balaban J connectivity index is 1.41. The molecule has 1 atom stereocenters. The van der Waals surface area contributed by atoms with E-state index in [1.54, 1.807) is 7.11 Å². The number of hydrogen-bond acceptors (Lipinski definition) is 6. The Morgan fingerprint density at radius 3 is 2.40 bits per heavy atom. The fraction of sp³-hybridized carbons (Fsp3) is 0.562. The highest BCUT2D eigenvalue weighted by molar-refractivity contribution is 6.02. The van der Waals surface area contributed by atoms with E-state index in [9.17, 15) is 9.59 Å². The van der Waals surface area contributed by atoms with Gasteiger partial charge in [-0.15, -0.1) is 0 Å². The number of benzene rings is 2. The molecule has 2 aromatic carbocycles. The minimum Gasteiger partial charge on any atom is -0.495 e. The van der Waals surface area contributed by atoms with Gasteiger partial charge in [0.15, 0.2) is 0 Å². The number of carbonyl (C=O) groups is 2. The number of methoxy groups -OCH3 is 1. The molecule has 2 saturated heterocycles. The van der Waals surface area contributed by atoms with Gasteiger partial charge < -0.3 is 29.9 Å². The van der Waals surface area contributed by atoms with E-state index >= 15 is 0 Å². The molecule has 0 spiro atoms. The van der Waals surface area contributed by atoms with E-state index in [-0.39, 0.29) is 17.9 Å². The van der Waals surface area contributed by atoms with Crippen LogP contribution in [0.15, 0.2) is 42.5 Å². The predicted octanol–water partition coefficient (Wildman–Crippen LogP) is 5.62. The minimum absolute atomic E-state index is 0.000576. The Labute approximate surface area is 239 Å². The highest BCUT2D eigenvalue weighted by Crippen LogP contribution is 2.31. The summed E-state index contributed by atoms with van der Waals surface area (Å²) in [5, 5.41) is 6.10. The van der Waals surface area contributed by atoms with Gasteiger partial charge >= 0.3 is 0 Å². The van der Waals surface area contributed by atoms with Crippen molar-refractivity contribution in [2.24, 2.45) is 0 Å². The summed E-state index contributed by atoms with van der Waals surface area (Å²) in [7, 11) is 1.70. The summed E-state index contributed by atoms with van der Waals surface area (Å²) >= 11 is 0. The zero-order chi connectivity index (χ0) is 28.2. The number of nitrogens with one attached hydrogen (secondary N) is 2. The van der Waals surface area contributed by atoms with Crippen LogP contribution in [0.3, 0.4) is 0 Å². The number of ether oxygens (including phenoxy) is 2. The second-order valence-corrected chi connectivity index (χ2v) is 10.8. The van der Waals surface area contributed by atoms with Crippen molar-refractivity contribution < 1.29 is 19.1 Å². The average molecular weight is 551 g/mol. The number of para-hydroxylation sites is 2. The summed E-state index contributed by atoms with van der Waals surface area (Å²) in [6, 6.07) is 13.8. The van der Waals surface area contributed by atoms with Gasteiger partial charge in [0.05, 0.1) is 24.5 Å². The van der Waals surface area contributed by atoms with Crippen LogP contribution in [0.5, 0.6) is 5.75 Å². The fourth-order valence-corrected chi connectivity index (χ4v) is 5.55. The average Bonchev–Trinajstić information content (AvgIpc) is 3.51. The predicted molar refractivity (Wildman–Crippen MR) is 162 cm³/mol. The van der Waals surface area contributed by atoms with E-state index in [4.69, 9.17) is 9.47 Å². The molecule has 40 heavy (non-hydrogen) atoms. The summed E-state index contributed by atoms with van der Waals surface area (Å²) in [6.07, 6.45) is 9.41. The first-order valence-electron chi connectivity index (χ1n) is 15.1. The molecule has 2 fully saturated rings. The van der Waals surface area contributed by atoms with E-state index in [0.717, 1.165) is 75.6 Å². The first-order valence-corrected chi connectivity index (χ1v) is 15.1. The van der Waals surface area contributed by atoms with Gasteiger partial charge in [0.2, 0.25) is 5.91 Å². The molecule has 8 nitrogen and oxygen atoms in total. The molecular weight excluding hydrogens is 504 g/mol. The largest absolute Gasteiger partial charge is 0.495 e. The molecule has 0 aliphatic carbocycles. The second kappa shape index (κ2) is 15.5. The molecule has 1 unspecified atom stereocenters. The van der Waals surface area contributed by atoms with Gasteiger partial charge in [-0.25, -0.2) is 0 Å². The molecule has 2 aromatic rings. The van der Waals surface area contributed by atoms with Crippen LogP contribution < -0.4 is 25.2 Å². The highest BCUT2D eigenvalue weighted by Gasteiger charge is 2.25. The molecule has 2 N–H and O–H groups in total. The Kier molecular flexibility index (Phi) is 11.5. The molecule has 2 aliphatic rings. The number of amides is 2. The lowest BCUT2D eigenvalue weighted by Gasteiger charge is -2.38. The first kappa shape index (κ1) is 29.7. The van der Waals surface area contributed by atoms with Crippen LogP contribution in [-0.4, -0.2) is 64.4 Å². The van der Waals surface area contributed by atoms with Gasteiger partial charge in [0, 0.05) is 57.1 Å². The van der Waals surface area contributed by atoms with Gasteiger partial charge in [0.1, 0.15) is 5.75 Å². The Bertz CT molecular complexity index is 1090. The van der Waals surface area contributed by atoms with E-state index in [2.05, 4.69) is 33.4 Å². The van der Waals surface area contributed by atoms with Gasteiger partial charge in [-0.05, 0) is 49.6 Å². The van der Waals surface area contributed by atoms with Gasteiger partial charge in [-0.1, -0.05) is 51.2 Å². The molecule has 0 aromatic heterocycles. The maximum atomic E-state index is 13.4. The third kappa shape index (κ3) is 8.37. The van der Waals surface area contributed by atoms with Crippen molar-refractivity contribution in [2.45, 2.75) is 70.8 Å². The number of unbranched alkanes of at least 4 members (excludes halogenated alkanes) is 5. The SMILES string of the molecule is CCCCCCCCC(=O)Nc1ccc(N2CCN(c3ccccc3OC)CC2)c(C(=O)NCC2CCCO2)c1. The molecule has 2 aliphatic heterocycles. The van der Waals surface area contributed by atoms with Gasteiger partial charge in [-0.3, -0.25) is 9.59 Å². The van der Waals surface area contributed by atoms with Crippen molar-refractivity contribution >= 4 is 28.9 Å². The summed E-state index contributed by atoms with van der Waals surface area (Å²) in [6.45, 7) is 6.62. The van der Waals surface area contributed by atoms with Crippen molar-refractivity contribution in [3.8, 4) is 5.75 Å². The highest BCUT2D eigenvalue weighted by atomic mass is 16.5. The van der Waals surface area contributed by atoms with E-state index < -0.39 is 0 Å². The molecule has 4 rings (SSSR count). The number of carbonyl (C=O) groups excluding carboxylic acids is 2. The second-order valence-electron chi connectivity index (χ2n) is 10.8. The summed E-state index contributed by atoms with van der Waals surface area (Å²) in [4.78, 5) is 30.7. The molecule has 218 valence electrons. The zero-order valence-electron chi connectivity index (χ0n) is 24.3. The minimum atomic E-state index is -0.135. The van der Waals surface area contributed by atoms with Crippen LogP contribution in [0, 0.1) is 0 Å². The number of anilines is 3. The number of rotatable bonds is 14. The van der Waals surface area contributed by atoms with Crippen molar-refractivity contribution in [3.63, 3.8) is 0 Å². The Morgan fingerprint density at radius 2 is 1.68 bits per heavy atom. The normalized spacial score (nSPS) is 17.1. The van der Waals surface area contributed by atoms with Crippen LogP contribution in [-0.2, 0) is 9.53 Å². The maximum Gasteiger partial charge on any atom is 0.253 e. The van der Waals surface area contributed by atoms with E-state index in [1.807, 2.05) is 36.4 Å². The number of nitrogens with zero attached hydrogens (tertiary/aromatic N) is 2. The lowest BCUT2D eigenvalue weighted by molar-refractivity contribution is -0.116. The van der Waals surface area contributed by atoms with Crippen LogP contribution in [0.4, 0.5) is 17.1 Å². The van der Waals surface area contributed by atoms with Crippen molar-refractivity contribution in [1.29, 1.82) is 0 Å². The van der Waals surface area contributed by atoms with Crippen LogP contribution in [0.25, 0.3) is 0 Å². The lowest BCUT2D eigenvalue weighted by atomic mass is 10.1. The third-order valence-electron chi connectivity index (χ3n) is 7.84. The maximum absolute atomic E-state index is 13.4.